The van der Waals surface area contributed by atoms with Crippen molar-refractivity contribution in [2.24, 2.45) is 7.05 Å². The number of imidazole rings is 1. The lowest BCUT2D eigenvalue weighted by atomic mass is 10.5. The van der Waals surface area contributed by atoms with Gasteiger partial charge in [0, 0.05) is 13.2 Å². The quantitative estimate of drug-likeness (QED) is 0.453. The van der Waals surface area contributed by atoms with Crippen LogP contribution in [-0.2, 0) is 7.05 Å². The van der Waals surface area contributed by atoms with Crippen molar-refractivity contribution >= 4 is 15.9 Å². The van der Waals surface area contributed by atoms with E-state index >= 15 is 0 Å². The Morgan fingerprint density at radius 1 is 1.80 bits per heavy atom. The summed E-state index contributed by atoms with van der Waals surface area (Å²) >= 11 is 3.21. The first-order chi connectivity index (χ1) is 4.83. The monoisotopic (exact) mass is 198 g/mol. The second-order valence-electron chi connectivity index (χ2n) is 1.86. The Bertz CT molecular complexity index is 267. The summed E-state index contributed by atoms with van der Waals surface area (Å²) in [6.07, 6.45) is 3.62. The summed E-state index contributed by atoms with van der Waals surface area (Å²) in [6, 6.07) is 0. The van der Waals surface area contributed by atoms with Crippen molar-refractivity contribution < 1.29 is 0 Å². The molecule has 0 spiro atoms. The summed E-state index contributed by atoms with van der Waals surface area (Å²) in [6.45, 7) is 0. The standard InChI is InChI=1S/C7H7BrN2/c1-10-5-7(9-6-10)3-2-4-8/h5-6H,4H2,1H3. The van der Waals surface area contributed by atoms with E-state index in [0.29, 0.717) is 5.33 Å². The molecule has 1 rings (SSSR count). The topological polar surface area (TPSA) is 17.8 Å². The molecule has 0 aliphatic carbocycles. The molecule has 0 unspecified atom stereocenters. The Hall–Kier alpha value is -0.750. The molecular weight excluding hydrogens is 192 g/mol. The number of alkyl halides is 1. The van der Waals surface area contributed by atoms with Crippen molar-refractivity contribution in [1.29, 1.82) is 0 Å². The van der Waals surface area contributed by atoms with E-state index in [1.807, 2.05) is 17.8 Å². The summed E-state index contributed by atoms with van der Waals surface area (Å²) in [7, 11) is 1.92. The zero-order valence-electron chi connectivity index (χ0n) is 5.63. The van der Waals surface area contributed by atoms with Crippen LogP contribution in [0.2, 0.25) is 0 Å². The Morgan fingerprint density at radius 3 is 3.10 bits per heavy atom. The fourth-order valence-electron chi connectivity index (χ4n) is 0.601. The number of aryl methyl sites for hydroxylation is 1. The van der Waals surface area contributed by atoms with E-state index in [2.05, 4.69) is 32.8 Å². The molecule has 10 heavy (non-hydrogen) atoms. The molecule has 1 aromatic heterocycles. The van der Waals surface area contributed by atoms with Crippen LogP contribution in [0.15, 0.2) is 12.5 Å². The van der Waals surface area contributed by atoms with Gasteiger partial charge in [-0.25, -0.2) is 4.98 Å². The van der Waals surface area contributed by atoms with Crippen molar-refractivity contribution in [3.63, 3.8) is 0 Å². The van der Waals surface area contributed by atoms with Crippen LogP contribution >= 0.6 is 15.9 Å². The molecule has 3 heteroatoms. The first kappa shape index (κ1) is 7.36. The van der Waals surface area contributed by atoms with Gasteiger partial charge in [0.2, 0.25) is 0 Å². The second-order valence-corrected chi connectivity index (χ2v) is 2.42. The molecule has 0 atom stereocenters. The molecule has 0 aromatic carbocycles. The highest BCUT2D eigenvalue weighted by Gasteiger charge is 1.87. The number of hydrogen-bond acceptors (Lipinski definition) is 1. The molecule has 1 heterocycles. The van der Waals surface area contributed by atoms with Crippen LogP contribution < -0.4 is 0 Å². The third-order valence-electron chi connectivity index (χ3n) is 0.988. The van der Waals surface area contributed by atoms with Crippen molar-refractivity contribution in [3.05, 3.63) is 18.2 Å². The van der Waals surface area contributed by atoms with Gasteiger partial charge in [0.05, 0.1) is 11.7 Å². The van der Waals surface area contributed by atoms with Crippen LogP contribution in [0, 0.1) is 11.8 Å². The first-order valence-electron chi connectivity index (χ1n) is 2.85. The van der Waals surface area contributed by atoms with Crippen molar-refractivity contribution in [1.82, 2.24) is 9.55 Å². The Balaban J connectivity index is 2.76. The molecule has 0 amide bonds. The van der Waals surface area contributed by atoms with E-state index in [0.717, 1.165) is 5.69 Å². The molecule has 0 N–H and O–H groups in total. The molecular formula is C7H7BrN2. The molecule has 2 nitrogen and oxygen atoms in total. The van der Waals surface area contributed by atoms with Crippen LogP contribution in [0.1, 0.15) is 5.69 Å². The Kier molecular flexibility index (Phi) is 2.52. The molecule has 0 aliphatic heterocycles. The predicted octanol–water partition coefficient (Wildman–Crippen LogP) is 1.17. The molecule has 0 fully saturated rings. The zero-order valence-corrected chi connectivity index (χ0v) is 7.22. The number of halogens is 1. The highest BCUT2D eigenvalue weighted by atomic mass is 79.9. The van der Waals surface area contributed by atoms with Gasteiger partial charge in [0.25, 0.3) is 0 Å². The summed E-state index contributed by atoms with van der Waals surface area (Å²) in [5, 5.41) is 0.698. The van der Waals surface area contributed by atoms with Crippen molar-refractivity contribution in [2.45, 2.75) is 0 Å². The largest absolute Gasteiger partial charge is 0.339 e. The third-order valence-corrected chi connectivity index (χ3v) is 1.27. The second kappa shape index (κ2) is 3.43. The van der Waals surface area contributed by atoms with E-state index in [9.17, 15) is 0 Å². The van der Waals surface area contributed by atoms with E-state index in [4.69, 9.17) is 0 Å². The number of aromatic nitrogens is 2. The highest BCUT2D eigenvalue weighted by molar-refractivity contribution is 9.09. The third kappa shape index (κ3) is 1.89. The molecule has 52 valence electrons. The van der Waals surface area contributed by atoms with Gasteiger partial charge in [-0.15, -0.1) is 0 Å². The normalized spacial score (nSPS) is 8.60. The summed E-state index contributed by atoms with van der Waals surface area (Å²) in [5.41, 5.74) is 0.821. The van der Waals surface area contributed by atoms with Gasteiger partial charge in [-0.05, 0) is 5.92 Å². The van der Waals surface area contributed by atoms with Gasteiger partial charge in [0.1, 0.15) is 5.69 Å². The van der Waals surface area contributed by atoms with Gasteiger partial charge in [-0.2, -0.15) is 0 Å². The Morgan fingerprint density at radius 2 is 2.60 bits per heavy atom. The minimum atomic E-state index is 0.698. The van der Waals surface area contributed by atoms with Gasteiger partial charge in [0.15, 0.2) is 0 Å². The fourth-order valence-corrected chi connectivity index (χ4v) is 0.742. The predicted molar refractivity (Wildman–Crippen MR) is 43.9 cm³/mol. The van der Waals surface area contributed by atoms with Gasteiger partial charge in [-0.3, -0.25) is 0 Å². The van der Waals surface area contributed by atoms with Gasteiger partial charge < -0.3 is 4.57 Å². The maximum atomic E-state index is 4.02. The maximum Gasteiger partial charge on any atom is 0.131 e. The van der Waals surface area contributed by atoms with Crippen molar-refractivity contribution in [2.75, 3.05) is 5.33 Å². The van der Waals surface area contributed by atoms with Crippen LogP contribution in [0.25, 0.3) is 0 Å². The lowest BCUT2D eigenvalue weighted by Gasteiger charge is -1.78. The average molecular weight is 199 g/mol. The molecule has 0 aliphatic rings. The molecule has 0 saturated heterocycles. The van der Waals surface area contributed by atoms with E-state index in [1.54, 1.807) is 6.33 Å². The lowest BCUT2D eigenvalue weighted by molar-refractivity contribution is 0.913. The smallest absolute Gasteiger partial charge is 0.131 e. The number of hydrogen-bond donors (Lipinski definition) is 0. The first-order valence-corrected chi connectivity index (χ1v) is 3.98. The minimum Gasteiger partial charge on any atom is -0.339 e. The van der Waals surface area contributed by atoms with Crippen LogP contribution in [0.4, 0.5) is 0 Å². The van der Waals surface area contributed by atoms with E-state index in [-0.39, 0.29) is 0 Å². The molecule has 1 aromatic rings. The summed E-state index contributed by atoms with van der Waals surface area (Å²) in [5.74, 6) is 5.76. The average Bonchev–Trinajstić information content (AvgIpc) is 2.31. The summed E-state index contributed by atoms with van der Waals surface area (Å²) < 4.78 is 1.87. The Labute approximate surface area is 68.4 Å². The van der Waals surface area contributed by atoms with Crippen LogP contribution in [0.3, 0.4) is 0 Å². The lowest BCUT2D eigenvalue weighted by Crippen LogP contribution is -1.77. The summed E-state index contributed by atoms with van der Waals surface area (Å²) in [4.78, 5) is 4.02. The van der Waals surface area contributed by atoms with Gasteiger partial charge in [-0.1, -0.05) is 21.9 Å². The zero-order chi connectivity index (χ0) is 7.40. The molecule has 0 radical (unpaired) electrons. The number of rotatable bonds is 0. The number of nitrogens with zero attached hydrogens (tertiary/aromatic N) is 2. The van der Waals surface area contributed by atoms with E-state index < -0.39 is 0 Å². The fraction of sp³-hybridized carbons (Fsp3) is 0.286. The SMILES string of the molecule is Cn1cnc(C#CCBr)c1. The van der Waals surface area contributed by atoms with Crippen LogP contribution in [0.5, 0.6) is 0 Å². The van der Waals surface area contributed by atoms with Gasteiger partial charge >= 0.3 is 0 Å². The van der Waals surface area contributed by atoms with E-state index in [1.165, 1.54) is 0 Å². The maximum absolute atomic E-state index is 4.02. The molecule has 0 saturated carbocycles. The molecule has 0 bridgehead atoms. The highest BCUT2D eigenvalue weighted by Crippen LogP contribution is 1.89. The minimum absolute atomic E-state index is 0.698. The van der Waals surface area contributed by atoms with Crippen molar-refractivity contribution in [3.8, 4) is 11.8 Å². The van der Waals surface area contributed by atoms with Crippen LogP contribution in [-0.4, -0.2) is 14.9 Å².